The summed E-state index contributed by atoms with van der Waals surface area (Å²) < 4.78 is 0. The molecule has 0 aliphatic carbocycles. The van der Waals surface area contributed by atoms with Crippen molar-refractivity contribution in [2.24, 2.45) is 0 Å². The zero-order valence-corrected chi connectivity index (χ0v) is 5.79. The van der Waals surface area contributed by atoms with Crippen molar-refractivity contribution >= 4 is 5.97 Å². The van der Waals surface area contributed by atoms with Crippen LogP contribution >= 0.6 is 0 Å². The molecule has 0 radical (unpaired) electrons. The molecule has 0 saturated carbocycles. The quantitative estimate of drug-likeness (QED) is 0.356. The van der Waals surface area contributed by atoms with E-state index in [1.165, 1.54) is 13.0 Å². The molecule has 0 aromatic rings. The second-order valence-corrected chi connectivity index (χ2v) is 1.86. The maximum absolute atomic E-state index is 10.3. The molecule has 0 amide bonds. The molecule has 0 aliphatic heterocycles. The topological polar surface area (TPSA) is 57.5 Å². The summed E-state index contributed by atoms with van der Waals surface area (Å²) in [6.07, 6.45) is 1.63. The third kappa shape index (κ3) is 2.35. The Bertz CT molecular complexity index is 175. The van der Waals surface area contributed by atoms with E-state index in [9.17, 15) is 4.79 Å². The number of carboxylic acids is 1. The van der Waals surface area contributed by atoms with Crippen LogP contribution in [0.25, 0.3) is 0 Å². The largest absolute Gasteiger partial charge is 0.512 e. The van der Waals surface area contributed by atoms with E-state index in [-0.39, 0.29) is 17.8 Å². The third-order valence-corrected chi connectivity index (χ3v) is 1.04. The summed E-state index contributed by atoms with van der Waals surface area (Å²) in [4.78, 5) is 10.3. The summed E-state index contributed by atoms with van der Waals surface area (Å²) in [5.41, 5.74) is -0.00463. The first-order valence-corrected chi connectivity index (χ1v) is 2.82. The molecule has 3 nitrogen and oxygen atoms in total. The van der Waals surface area contributed by atoms with Gasteiger partial charge in [0.05, 0.1) is 11.3 Å². The number of allylic oxidation sites excluding steroid dienone is 2. The van der Waals surface area contributed by atoms with E-state index >= 15 is 0 Å². The zero-order chi connectivity index (χ0) is 8.15. The molecule has 56 valence electrons. The van der Waals surface area contributed by atoms with Crippen LogP contribution < -0.4 is 0 Å². The molecule has 10 heavy (non-hydrogen) atoms. The minimum absolute atomic E-state index is 0.00463. The van der Waals surface area contributed by atoms with Gasteiger partial charge in [0.15, 0.2) is 0 Å². The van der Waals surface area contributed by atoms with Crippen LogP contribution in [0.2, 0.25) is 0 Å². The highest BCUT2D eigenvalue weighted by molar-refractivity contribution is 5.87. The first-order valence-electron chi connectivity index (χ1n) is 2.82. The van der Waals surface area contributed by atoms with Crippen molar-refractivity contribution in [1.29, 1.82) is 0 Å². The molecule has 2 N–H and O–H groups in total. The van der Waals surface area contributed by atoms with Gasteiger partial charge in [-0.1, -0.05) is 6.08 Å². The Kier molecular flexibility index (Phi) is 3.25. The Balaban J connectivity index is 4.42. The Morgan fingerprint density at radius 3 is 2.20 bits per heavy atom. The second-order valence-electron chi connectivity index (χ2n) is 1.86. The van der Waals surface area contributed by atoms with Crippen LogP contribution in [0.1, 0.15) is 13.3 Å². The van der Waals surface area contributed by atoms with Crippen LogP contribution in [0.15, 0.2) is 24.0 Å². The third-order valence-electron chi connectivity index (χ3n) is 1.04. The molecule has 0 aromatic heterocycles. The van der Waals surface area contributed by atoms with E-state index in [0.717, 1.165) is 0 Å². The van der Waals surface area contributed by atoms with Gasteiger partial charge in [-0.05, 0) is 6.92 Å². The Labute approximate surface area is 59.3 Å². The minimum atomic E-state index is -1.10. The number of hydrogen-bond acceptors (Lipinski definition) is 2. The summed E-state index contributed by atoms with van der Waals surface area (Å²) in [5.74, 6) is -1.26. The van der Waals surface area contributed by atoms with E-state index < -0.39 is 5.97 Å². The lowest BCUT2D eigenvalue weighted by Crippen LogP contribution is -2.02. The van der Waals surface area contributed by atoms with Crippen LogP contribution in [-0.4, -0.2) is 16.2 Å². The molecule has 0 aromatic carbocycles. The van der Waals surface area contributed by atoms with Crippen molar-refractivity contribution in [2.45, 2.75) is 13.3 Å². The Morgan fingerprint density at radius 1 is 1.60 bits per heavy atom. The maximum Gasteiger partial charge on any atom is 0.335 e. The summed E-state index contributed by atoms with van der Waals surface area (Å²) >= 11 is 0. The van der Waals surface area contributed by atoms with Crippen molar-refractivity contribution in [3.8, 4) is 0 Å². The minimum Gasteiger partial charge on any atom is -0.512 e. The molecule has 0 bridgehead atoms. The van der Waals surface area contributed by atoms with Crippen LogP contribution in [0.4, 0.5) is 0 Å². The predicted molar refractivity (Wildman–Crippen MR) is 37.8 cm³/mol. The second kappa shape index (κ2) is 3.71. The standard InChI is InChI=1S/C7H10O3/c1-3-4-6(5(2)8)7(9)10/h3,8H,1,4H2,2H3,(H,9,10)/b6-5+. The highest BCUT2D eigenvalue weighted by Gasteiger charge is 2.07. The van der Waals surface area contributed by atoms with Gasteiger partial charge in [0.1, 0.15) is 0 Å². The maximum atomic E-state index is 10.3. The molecule has 0 rings (SSSR count). The van der Waals surface area contributed by atoms with Crippen LogP contribution in [0.5, 0.6) is 0 Å². The van der Waals surface area contributed by atoms with Gasteiger partial charge in [0.25, 0.3) is 0 Å². The van der Waals surface area contributed by atoms with Gasteiger partial charge >= 0.3 is 5.97 Å². The van der Waals surface area contributed by atoms with Gasteiger partial charge in [-0.15, -0.1) is 6.58 Å². The van der Waals surface area contributed by atoms with E-state index in [1.54, 1.807) is 0 Å². The summed E-state index contributed by atoms with van der Waals surface area (Å²) in [6, 6.07) is 0. The summed E-state index contributed by atoms with van der Waals surface area (Å²) in [5, 5.41) is 17.2. The van der Waals surface area contributed by atoms with E-state index in [4.69, 9.17) is 10.2 Å². The number of carboxylic acid groups (broad SMARTS) is 1. The molecule has 0 spiro atoms. The van der Waals surface area contributed by atoms with Gasteiger partial charge in [-0.25, -0.2) is 4.79 Å². The molecule has 3 heteroatoms. The molecule has 0 saturated heterocycles. The lowest BCUT2D eigenvalue weighted by atomic mass is 10.1. The zero-order valence-electron chi connectivity index (χ0n) is 5.79. The molecule has 0 heterocycles. The highest BCUT2D eigenvalue weighted by Crippen LogP contribution is 2.06. The summed E-state index contributed by atoms with van der Waals surface area (Å²) in [6.45, 7) is 4.70. The number of rotatable bonds is 3. The predicted octanol–water partition coefficient (Wildman–Crippen LogP) is 1.48. The number of aliphatic hydroxyl groups excluding tert-OH is 1. The SMILES string of the molecule is C=CC/C(C(=O)O)=C(/C)O. The number of hydrogen-bond donors (Lipinski definition) is 2. The number of aliphatic hydroxyl groups is 1. The van der Waals surface area contributed by atoms with Crippen molar-refractivity contribution in [3.05, 3.63) is 24.0 Å². The van der Waals surface area contributed by atoms with E-state index in [1.807, 2.05) is 0 Å². The fraction of sp³-hybridized carbons (Fsp3) is 0.286. The first kappa shape index (κ1) is 8.75. The molecular weight excluding hydrogens is 132 g/mol. The number of aliphatic carboxylic acids is 1. The van der Waals surface area contributed by atoms with Crippen molar-refractivity contribution in [3.63, 3.8) is 0 Å². The van der Waals surface area contributed by atoms with Crippen LogP contribution in [0, 0.1) is 0 Å². The van der Waals surface area contributed by atoms with Crippen LogP contribution in [-0.2, 0) is 4.79 Å². The summed E-state index contributed by atoms with van der Waals surface area (Å²) in [7, 11) is 0. The monoisotopic (exact) mass is 142 g/mol. The Hall–Kier alpha value is -1.25. The fourth-order valence-corrected chi connectivity index (χ4v) is 0.534. The molecule has 0 fully saturated rings. The lowest BCUT2D eigenvalue weighted by molar-refractivity contribution is -0.132. The van der Waals surface area contributed by atoms with E-state index in [2.05, 4.69) is 6.58 Å². The molecule has 0 atom stereocenters. The van der Waals surface area contributed by atoms with Gasteiger partial charge in [-0.2, -0.15) is 0 Å². The van der Waals surface area contributed by atoms with Crippen molar-refractivity contribution < 1.29 is 15.0 Å². The molecular formula is C7H10O3. The molecule has 0 aliphatic rings. The van der Waals surface area contributed by atoms with Gasteiger partial charge in [-0.3, -0.25) is 0 Å². The number of carbonyl (C=O) groups is 1. The van der Waals surface area contributed by atoms with Crippen molar-refractivity contribution in [2.75, 3.05) is 0 Å². The average Bonchev–Trinajstić information content (AvgIpc) is 1.81. The normalized spacial score (nSPS) is 12.1. The van der Waals surface area contributed by atoms with Gasteiger partial charge in [0, 0.05) is 6.42 Å². The van der Waals surface area contributed by atoms with Crippen molar-refractivity contribution in [1.82, 2.24) is 0 Å². The smallest absolute Gasteiger partial charge is 0.335 e. The Morgan fingerprint density at radius 2 is 2.10 bits per heavy atom. The first-order chi connectivity index (χ1) is 4.59. The van der Waals surface area contributed by atoms with Gasteiger partial charge in [0.2, 0.25) is 0 Å². The van der Waals surface area contributed by atoms with Gasteiger partial charge < -0.3 is 10.2 Å². The average molecular weight is 142 g/mol. The lowest BCUT2D eigenvalue weighted by Gasteiger charge is -1.97. The molecule has 0 unspecified atom stereocenters. The van der Waals surface area contributed by atoms with Crippen LogP contribution in [0.3, 0.4) is 0 Å². The highest BCUT2D eigenvalue weighted by atomic mass is 16.4. The van der Waals surface area contributed by atoms with E-state index in [0.29, 0.717) is 0 Å². The fourth-order valence-electron chi connectivity index (χ4n) is 0.534.